The average Bonchev–Trinajstić information content (AvgIpc) is 2.86. The van der Waals surface area contributed by atoms with Crippen LogP contribution in [-0.2, 0) is 4.79 Å². The Kier molecular flexibility index (Phi) is 4.32. The van der Waals surface area contributed by atoms with Crippen LogP contribution in [0.1, 0.15) is 19.3 Å². The SMILES string of the molecule is O=C(CC1CCNC1)NCC1CCSC1. The van der Waals surface area contributed by atoms with Crippen LogP contribution in [-0.4, -0.2) is 37.0 Å². The highest BCUT2D eigenvalue weighted by Crippen LogP contribution is 2.22. The second kappa shape index (κ2) is 5.75. The molecule has 0 saturated carbocycles. The molecule has 0 bridgehead atoms. The summed E-state index contributed by atoms with van der Waals surface area (Å²) in [5.74, 6) is 4.04. The van der Waals surface area contributed by atoms with E-state index < -0.39 is 0 Å². The molecule has 2 rings (SSSR count). The summed E-state index contributed by atoms with van der Waals surface area (Å²) in [5.41, 5.74) is 0. The lowest BCUT2D eigenvalue weighted by Gasteiger charge is -2.12. The van der Waals surface area contributed by atoms with E-state index in [9.17, 15) is 4.79 Å². The average molecular weight is 228 g/mol. The van der Waals surface area contributed by atoms with Crippen molar-refractivity contribution < 1.29 is 4.79 Å². The number of carbonyl (C=O) groups is 1. The maximum atomic E-state index is 11.6. The molecule has 2 heterocycles. The monoisotopic (exact) mass is 228 g/mol. The molecule has 4 heteroatoms. The van der Waals surface area contributed by atoms with E-state index in [0.29, 0.717) is 12.3 Å². The largest absolute Gasteiger partial charge is 0.356 e. The fourth-order valence-electron chi connectivity index (χ4n) is 2.23. The number of nitrogens with one attached hydrogen (secondary N) is 2. The first-order valence-corrected chi connectivity index (χ1v) is 7.05. The maximum absolute atomic E-state index is 11.6. The van der Waals surface area contributed by atoms with Gasteiger partial charge in [-0.05, 0) is 49.3 Å². The van der Waals surface area contributed by atoms with Gasteiger partial charge in [-0.25, -0.2) is 0 Å². The van der Waals surface area contributed by atoms with Gasteiger partial charge >= 0.3 is 0 Å². The first-order chi connectivity index (χ1) is 7.34. The topological polar surface area (TPSA) is 41.1 Å². The summed E-state index contributed by atoms with van der Waals surface area (Å²) >= 11 is 2.01. The van der Waals surface area contributed by atoms with Crippen LogP contribution in [0.25, 0.3) is 0 Å². The molecule has 2 unspecified atom stereocenters. The van der Waals surface area contributed by atoms with E-state index in [1.807, 2.05) is 11.8 Å². The van der Waals surface area contributed by atoms with E-state index in [1.54, 1.807) is 0 Å². The predicted octanol–water partition coefficient (Wildman–Crippen LogP) is 0.855. The van der Waals surface area contributed by atoms with E-state index in [1.165, 1.54) is 17.9 Å². The standard InChI is InChI=1S/C11H20N2OS/c14-11(5-9-1-3-12-6-9)13-7-10-2-4-15-8-10/h9-10,12H,1-8H2,(H,13,14). The third-order valence-electron chi connectivity index (χ3n) is 3.25. The first kappa shape index (κ1) is 11.3. The van der Waals surface area contributed by atoms with Gasteiger partial charge in [0.05, 0.1) is 0 Å². The van der Waals surface area contributed by atoms with Crippen molar-refractivity contribution in [3.05, 3.63) is 0 Å². The van der Waals surface area contributed by atoms with Crippen LogP contribution in [0, 0.1) is 11.8 Å². The number of amides is 1. The number of thioether (sulfide) groups is 1. The lowest BCUT2D eigenvalue weighted by Crippen LogP contribution is -2.31. The summed E-state index contributed by atoms with van der Waals surface area (Å²) in [4.78, 5) is 11.6. The molecule has 0 aliphatic carbocycles. The van der Waals surface area contributed by atoms with Gasteiger partial charge < -0.3 is 10.6 Å². The summed E-state index contributed by atoms with van der Waals surface area (Å²) in [7, 11) is 0. The minimum absolute atomic E-state index is 0.251. The fourth-order valence-corrected chi connectivity index (χ4v) is 3.51. The van der Waals surface area contributed by atoms with E-state index >= 15 is 0 Å². The van der Waals surface area contributed by atoms with Crippen LogP contribution >= 0.6 is 11.8 Å². The van der Waals surface area contributed by atoms with Gasteiger partial charge in [0.2, 0.25) is 5.91 Å². The van der Waals surface area contributed by atoms with E-state index in [4.69, 9.17) is 0 Å². The Bertz CT molecular complexity index is 211. The van der Waals surface area contributed by atoms with Crippen molar-refractivity contribution >= 4 is 17.7 Å². The van der Waals surface area contributed by atoms with Gasteiger partial charge in [-0.1, -0.05) is 0 Å². The van der Waals surface area contributed by atoms with Gasteiger partial charge in [-0.15, -0.1) is 0 Å². The van der Waals surface area contributed by atoms with Crippen molar-refractivity contribution in [2.45, 2.75) is 19.3 Å². The smallest absolute Gasteiger partial charge is 0.220 e. The highest BCUT2D eigenvalue weighted by atomic mass is 32.2. The van der Waals surface area contributed by atoms with Gasteiger partial charge in [0.1, 0.15) is 0 Å². The van der Waals surface area contributed by atoms with Gasteiger partial charge in [-0.3, -0.25) is 4.79 Å². The molecule has 0 spiro atoms. The van der Waals surface area contributed by atoms with E-state index in [0.717, 1.165) is 32.0 Å². The Morgan fingerprint density at radius 2 is 2.33 bits per heavy atom. The molecule has 2 fully saturated rings. The van der Waals surface area contributed by atoms with Crippen molar-refractivity contribution in [2.75, 3.05) is 31.1 Å². The second-order valence-corrected chi connectivity index (χ2v) is 5.75. The van der Waals surface area contributed by atoms with Crippen LogP contribution in [0.3, 0.4) is 0 Å². The molecule has 86 valence electrons. The van der Waals surface area contributed by atoms with Gasteiger partial charge in [0.15, 0.2) is 0 Å². The zero-order valence-electron chi connectivity index (χ0n) is 9.13. The van der Waals surface area contributed by atoms with Crippen LogP contribution in [0.15, 0.2) is 0 Å². The summed E-state index contributed by atoms with van der Waals surface area (Å²) < 4.78 is 0. The molecule has 3 nitrogen and oxygen atoms in total. The second-order valence-electron chi connectivity index (χ2n) is 4.60. The predicted molar refractivity (Wildman–Crippen MR) is 64.0 cm³/mol. The third kappa shape index (κ3) is 3.68. The van der Waals surface area contributed by atoms with Crippen LogP contribution in [0.2, 0.25) is 0 Å². The van der Waals surface area contributed by atoms with Gasteiger partial charge in [0, 0.05) is 13.0 Å². The number of rotatable bonds is 4. The third-order valence-corrected chi connectivity index (χ3v) is 4.48. The van der Waals surface area contributed by atoms with Crippen molar-refractivity contribution in [1.82, 2.24) is 10.6 Å². The van der Waals surface area contributed by atoms with E-state index in [2.05, 4.69) is 10.6 Å². The van der Waals surface area contributed by atoms with Crippen molar-refractivity contribution in [2.24, 2.45) is 11.8 Å². The zero-order valence-corrected chi connectivity index (χ0v) is 9.94. The Morgan fingerprint density at radius 3 is 3.00 bits per heavy atom. The summed E-state index contributed by atoms with van der Waals surface area (Å²) in [6.07, 6.45) is 3.15. The Hall–Kier alpha value is -0.220. The lowest BCUT2D eigenvalue weighted by atomic mass is 10.0. The van der Waals surface area contributed by atoms with Crippen LogP contribution in [0.5, 0.6) is 0 Å². The zero-order chi connectivity index (χ0) is 10.5. The highest BCUT2D eigenvalue weighted by molar-refractivity contribution is 7.99. The number of hydrogen-bond acceptors (Lipinski definition) is 3. The van der Waals surface area contributed by atoms with Crippen molar-refractivity contribution in [3.63, 3.8) is 0 Å². The minimum atomic E-state index is 0.251. The summed E-state index contributed by atoms with van der Waals surface area (Å²) in [6.45, 7) is 3.00. The summed E-state index contributed by atoms with van der Waals surface area (Å²) in [6, 6.07) is 0. The maximum Gasteiger partial charge on any atom is 0.220 e. The molecule has 2 aliphatic rings. The van der Waals surface area contributed by atoms with Crippen molar-refractivity contribution in [1.29, 1.82) is 0 Å². The normalized spacial score (nSPS) is 30.7. The Labute approximate surface area is 95.8 Å². The van der Waals surface area contributed by atoms with Crippen LogP contribution in [0.4, 0.5) is 0 Å². The fraction of sp³-hybridized carbons (Fsp3) is 0.909. The number of carbonyl (C=O) groups excluding carboxylic acids is 1. The molecule has 2 N–H and O–H groups in total. The highest BCUT2D eigenvalue weighted by Gasteiger charge is 2.19. The molecular weight excluding hydrogens is 208 g/mol. The van der Waals surface area contributed by atoms with Gasteiger partial charge in [-0.2, -0.15) is 11.8 Å². The minimum Gasteiger partial charge on any atom is -0.356 e. The molecule has 2 atom stereocenters. The van der Waals surface area contributed by atoms with Gasteiger partial charge in [0.25, 0.3) is 0 Å². The first-order valence-electron chi connectivity index (χ1n) is 5.90. The molecule has 1 amide bonds. The van der Waals surface area contributed by atoms with Crippen LogP contribution < -0.4 is 10.6 Å². The molecule has 15 heavy (non-hydrogen) atoms. The van der Waals surface area contributed by atoms with Crippen molar-refractivity contribution in [3.8, 4) is 0 Å². The molecule has 0 aromatic rings. The summed E-state index contributed by atoms with van der Waals surface area (Å²) in [5, 5.41) is 6.36. The van der Waals surface area contributed by atoms with E-state index in [-0.39, 0.29) is 5.91 Å². The molecular formula is C11H20N2OS. The molecule has 2 aliphatic heterocycles. The number of hydrogen-bond donors (Lipinski definition) is 2. The Balaban J connectivity index is 1.59. The lowest BCUT2D eigenvalue weighted by molar-refractivity contribution is -0.122. The molecule has 0 aromatic carbocycles. The Morgan fingerprint density at radius 1 is 1.40 bits per heavy atom. The molecule has 0 radical (unpaired) electrons. The molecule has 0 aromatic heterocycles. The molecule has 2 saturated heterocycles. The quantitative estimate of drug-likeness (QED) is 0.750.